The lowest BCUT2D eigenvalue weighted by molar-refractivity contribution is -0.115. The maximum atomic E-state index is 11.1. The molecule has 1 saturated carbocycles. The van der Waals surface area contributed by atoms with Crippen molar-refractivity contribution in [2.45, 2.75) is 58.1 Å². The fourth-order valence-corrected chi connectivity index (χ4v) is 2.85. The minimum Gasteiger partial charge on any atom is -0.385 e. The Morgan fingerprint density at radius 2 is 2.00 bits per heavy atom. The van der Waals surface area contributed by atoms with Crippen LogP contribution >= 0.6 is 0 Å². The molecule has 1 aliphatic rings. The number of aliphatic hydroxyl groups is 1. The molecule has 0 aromatic rings. The van der Waals surface area contributed by atoms with Gasteiger partial charge < -0.3 is 5.11 Å². The highest BCUT2D eigenvalue weighted by Crippen LogP contribution is 2.51. The highest BCUT2D eigenvalue weighted by atomic mass is 16.3. The summed E-state index contributed by atoms with van der Waals surface area (Å²) in [5, 5.41) is 14.8. The van der Waals surface area contributed by atoms with E-state index in [4.69, 9.17) is 5.53 Å². The first-order valence-electron chi connectivity index (χ1n) is 6.17. The second-order valence-electron chi connectivity index (χ2n) is 5.91. The molecule has 0 aromatic carbocycles. The van der Waals surface area contributed by atoms with Crippen LogP contribution in [0.1, 0.15) is 47.0 Å². The van der Waals surface area contributed by atoms with Crippen LogP contribution in [0.15, 0.2) is 17.3 Å². The van der Waals surface area contributed by atoms with Crippen LogP contribution in [0.25, 0.3) is 10.4 Å². The van der Waals surface area contributed by atoms with E-state index in [1.165, 1.54) is 19.1 Å². The summed E-state index contributed by atoms with van der Waals surface area (Å²) in [6.45, 7) is 7.04. The lowest BCUT2D eigenvalue weighted by Gasteiger charge is -2.54. The Morgan fingerprint density at radius 3 is 2.50 bits per heavy atom. The number of nitrogens with zero attached hydrogens (tertiary/aromatic N) is 3. The van der Waals surface area contributed by atoms with E-state index in [0.717, 1.165) is 12.8 Å². The number of rotatable bonds is 3. The number of hydrogen-bond donors (Lipinski definition) is 1. The number of ketones is 1. The summed E-state index contributed by atoms with van der Waals surface area (Å²) in [7, 11) is 0. The van der Waals surface area contributed by atoms with Crippen molar-refractivity contribution in [3.63, 3.8) is 0 Å². The third-order valence-corrected chi connectivity index (χ3v) is 4.14. The predicted octanol–water partition coefficient (Wildman–Crippen LogP) is 3.14. The Bertz CT molecular complexity index is 424. The first-order valence-corrected chi connectivity index (χ1v) is 6.17. The minimum absolute atomic E-state index is 0.131. The minimum atomic E-state index is -1.31. The van der Waals surface area contributed by atoms with Crippen molar-refractivity contribution in [1.29, 1.82) is 0 Å². The average molecular weight is 251 g/mol. The van der Waals surface area contributed by atoms with E-state index >= 15 is 0 Å². The van der Waals surface area contributed by atoms with Crippen molar-refractivity contribution < 1.29 is 9.90 Å². The molecule has 0 amide bonds. The van der Waals surface area contributed by atoms with Crippen molar-refractivity contribution in [2.24, 2.45) is 10.5 Å². The summed E-state index contributed by atoms with van der Waals surface area (Å²) >= 11 is 0. The lowest BCUT2D eigenvalue weighted by atomic mass is 9.57. The van der Waals surface area contributed by atoms with E-state index in [-0.39, 0.29) is 5.78 Å². The van der Waals surface area contributed by atoms with Gasteiger partial charge >= 0.3 is 0 Å². The molecule has 2 unspecified atom stereocenters. The van der Waals surface area contributed by atoms with Crippen LogP contribution in [0, 0.1) is 5.41 Å². The van der Waals surface area contributed by atoms with Gasteiger partial charge in [0.2, 0.25) is 0 Å². The van der Waals surface area contributed by atoms with Gasteiger partial charge in [0.25, 0.3) is 0 Å². The number of allylic oxidation sites excluding steroid dienone is 1. The molecule has 1 N–H and O–H groups in total. The third kappa shape index (κ3) is 2.28. The molecular formula is C13H21N3O2. The molecule has 2 atom stereocenters. The van der Waals surface area contributed by atoms with Gasteiger partial charge in [0.05, 0.1) is 11.1 Å². The summed E-state index contributed by atoms with van der Waals surface area (Å²) in [4.78, 5) is 14.0. The fraction of sp³-hybridized carbons (Fsp3) is 0.769. The molecule has 1 aliphatic carbocycles. The molecule has 0 aromatic heterocycles. The Labute approximate surface area is 108 Å². The van der Waals surface area contributed by atoms with Gasteiger partial charge in [-0.3, -0.25) is 4.79 Å². The normalized spacial score (nSPS) is 35.2. The monoisotopic (exact) mass is 251 g/mol. The zero-order chi connectivity index (χ0) is 14.0. The molecular weight excluding hydrogens is 230 g/mol. The second-order valence-corrected chi connectivity index (χ2v) is 5.91. The molecule has 5 heteroatoms. The van der Waals surface area contributed by atoms with Gasteiger partial charge in [-0.1, -0.05) is 32.3 Å². The maximum absolute atomic E-state index is 11.1. The molecule has 0 radical (unpaired) electrons. The second kappa shape index (κ2) is 4.75. The zero-order valence-corrected chi connectivity index (χ0v) is 11.5. The Hall–Kier alpha value is -1.32. The maximum Gasteiger partial charge on any atom is 0.152 e. The highest BCUT2D eigenvalue weighted by Gasteiger charge is 2.56. The Balaban J connectivity index is 3.33. The summed E-state index contributed by atoms with van der Waals surface area (Å²) in [6, 6.07) is 0. The van der Waals surface area contributed by atoms with Crippen molar-refractivity contribution in [1.82, 2.24) is 0 Å². The Morgan fingerprint density at radius 1 is 1.39 bits per heavy atom. The summed E-state index contributed by atoms with van der Waals surface area (Å²) in [5.41, 5.74) is 6.04. The SMILES string of the molecule is CC(=O)C=CC1(O)C(C)(C)CCCC1(C)N=[N+]=[N-]. The molecule has 5 nitrogen and oxygen atoms in total. The van der Waals surface area contributed by atoms with Gasteiger partial charge in [-0.05, 0) is 42.9 Å². The van der Waals surface area contributed by atoms with Crippen LogP contribution in [0.2, 0.25) is 0 Å². The molecule has 0 aliphatic heterocycles. The lowest BCUT2D eigenvalue weighted by Crippen LogP contribution is -2.61. The van der Waals surface area contributed by atoms with Crippen molar-refractivity contribution in [2.75, 3.05) is 0 Å². The summed E-state index contributed by atoms with van der Waals surface area (Å²) < 4.78 is 0. The predicted molar refractivity (Wildman–Crippen MR) is 70.0 cm³/mol. The zero-order valence-electron chi connectivity index (χ0n) is 11.5. The van der Waals surface area contributed by atoms with E-state index in [9.17, 15) is 9.90 Å². The summed E-state index contributed by atoms with van der Waals surface area (Å²) in [5.74, 6) is -0.131. The molecule has 18 heavy (non-hydrogen) atoms. The van der Waals surface area contributed by atoms with Crippen LogP contribution in [0.3, 0.4) is 0 Å². The van der Waals surface area contributed by atoms with Gasteiger partial charge in [0, 0.05) is 4.91 Å². The first kappa shape index (κ1) is 14.7. The third-order valence-electron chi connectivity index (χ3n) is 4.14. The van der Waals surface area contributed by atoms with Crippen molar-refractivity contribution in [3.05, 3.63) is 22.6 Å². The number of azide groups is 1. The highest BCUT2D eigenvalue weighted by molar-refractivity contribution is 5.87. The number of hydrogen-bond acceptors (Lipinski definition) is 3. The van der Waals surface area contributed by atoms with E-state index in [0.29, 0.717) is 6.42 Å². The van der Waals surface area contributed by atoms with Gasteiger partial charge in [0.15, 0.2) is 5.78 Å². The van der Waals surface area contributed by atoms with E-state index < -0.39 is 16.6 Å². The van der Waals surface area contributed by atoms with Gasteiger partial charge in [-0.25, -0.2) is 0 Å². The molecule has 0 saturated heterocycles. The smallest absolute Gasteiger partial charge is 0.152 e. The molecule has 0 bridgehead atoms. The number of carbonyl (C=O) groups is 1. The fourth-order valence-electron chi connectivity index (χ4n) is 2.85. The van der Waals surface area contributed by atoms with E-state index in [1.807, 2.05) is 13.8 Å². The van der Waals surface area contributed by atoms with Crippen LogP contribution in [-0.2, 0) is 4.79 Å². The molecule has 1 rings (SSSR count). The molecule has 100 valence electrons. The van der Waals surface area contributed by atoms with Gasteiger partial charge in [-0.15, -0.1) is 0 Å². The topological polar surface area (TPSA) is 86.1 Å². The molecule has 1 fully saturated rings. The number of carbonyl (C=O) groups excluding carboxylic acids is 1. The average Bonchev–Trinajstić information content (AvgIpc) is 2.23. The standard InChI is InChI=1S/C13H21N3O2/c1-10(17)6-9-13(18)11(2,3)7-5-8-12(13,4)15-16-14/h6,9,18H,5,7-8H2,1-4H3. The van der Waals surface area contributed by atoms with Crippen LogP contribution in [0.4, 0.5) is 0 Å². The van der Waals surface area contributed by atoms with Gasteiger partial charge in [-0.2, -0.15) is 0 Å². The van der Waals surface area contributed by atoms with Crippen molar-refractivity contribution >= 4 is 5.78 Å². The van der Waals surface area contributed by atoms with Gasteiger partial charge in [0.1, 0.15) is 0 Å². The van der Waals surface area contributed by atoms with E-state index in [1.54, 1.807) is 6.92 Å². The summed E-state index contributed by atoms with van der Waals surface area (Å²) in [6.07, 6.45) is 5.18. The van der Waals surface area contributed by atoms with Crippen LogP contribution < -0.4 is 0 Å². The quantitative estimate of drug-likeness (QED) is 0.361. The van der Waals surface area contributed by atoms with Crippen LogP contribution in [-0.4, -0.2) is 22.0 Å². The van der Waals surface area contributed by atoms with E-state index in [2.05, 4.69) is 10.0 Å². The van der Waals surface area contributed by atoms with Crippen LogP contribution in [0.5, 0.6) is 0 Å². The largest absolute Gasteiger partial charge is 0.385 e. The molecule has 0 spiro atoms. The molecule has 0 heterocycles. The Kier molecular flexibility index (Phi) is 3.89. The van der Waals surface area contributed by atoms with Crippen molar-refractivity contribution in [3.8, 4) is 0 Å². The first-order chi connectivity index (χ1) is 8.18.